The molecule has 17 heavy (non-hydrogen) atoms. The second-order valence-electron chi connectivity index (χ2n) is 4.51. The summed E-state index contributed by atoms with van der Waals surface area (Å²) in [5, 5.41) is 0. The van der Waals surface area contributed by atoms with Crippen LogP contribution in [0, 0.1) is 5.92 Å². The van der Waals surface area contributed by atoms with Crippen molar-refractivity contribution in [2.24, 2.45) is 10.9 Å². The number of allylic oxidation sites excluding steroid dienone is 5. The van der Waals surface area contributed by atoms with E-state index in [2.05, 4.69) is 55.5 Å². The number of hydrogen-bond donors (Lipinski definition) is 0. The Kier molecular flexibility index (Phi) is 2.52. The van der Waals surface area contributed by atoms with Crippen molar-refractivity contribution in [3.05, 3.63) is 65.8 Å². The van der Waals surface area contributed by atoms with Gasteiger partial charge in [-0.25, -0.2) is 0 Å². The summed E-state index contributed by atoms with van der Waals surface area (Å²) in [4.78, 5) is 4.79. The number of benzene rings is 1. The molecule has 0 fully saturated rings. The largest absolute Gasteiger partial charge is 0.252 e. The Morgan fingerprint density at radius 3 is 2.76 bits per heavy atom. The van der Waals surface area contributed by atoms with Gasteiger partial charge in [-0.3, -0.25) is 4.99 Å². The van der Waals surface area contributed by atoms with E-state index >= 15 is 0 Å². The van der Waals surface area contributed by atoms with E-state index in [0.717, 1.165) is 12.1 Å². The van der Waals surface area contributed by atoms with E-state index in [-0.39, 0.29) is 0 Å². The fourth-order valence-electron chi connectivity index (χ4n) is 2.47. The lowest BCUT2D eigenvalue weighted by atomic mass is 9.92. The normalized spacial score (nSPS) is 22.4. The fraction of sp³-hybridized carbons (Fsp3) is 0.188. The predicted molar refractivity (Wildman–Crippen MR) is 72.9 cm³/mol. The van der Waals surface area contributed by atoms with Crippen molar-refractivity contribution >= 4 is 11.4 Å². The van der Waals surface area contributed by atoms with Crippen LogP contribution in [0.3, 0.4) is 0 Å². The molecular formula is C16H15N. The van der Waals surface area contributed by atoms with Crippen LogP contribution in [-0.4, -0.2) is 5.71 Å². The molecule has 0 saturated carbocycles. The highest BCUT2D eigenvalue weighted by Crippen LogP contribution is 2.35. The van der Waals surface area contributed by atoms with E-state index in [0.29, 0.717) is 5.92 Å². The Balaban J connectivity index is 2.05. The first kappa shape index (κ1) is 10.3. The second kappa shape index (κ2) is 4.17. The molecule has 0 radical (unpaired) electrons. The minimum Gasteiger partial charge on any atom is -0.252 e. The summed E-state index contributed by atoms with van der Waals surface area (Å²) in [5.74, 6) is 0.472. The molecule has 0 amide bonds. The Hall–Kier alpha value is -1.89. The number of nitrogens with zero attached hydrogens (tertiary/aromatic N) is 1. The van der Waals surface area contributed by atoms with Crippen LogP contribution in [0.25, 0.3) is 5.70 Å². The van der Waals surface area contributed by atoms with Gasteiger partial charge in [0.1, 0.15) is 0 Å². The third kappa shape index (κ3) is 1.78. The van der Waals surface area contributed by atoms with Crippen molar-refractivity contribution in [3.8, 4) is 0 Å². The standard InChI is InChI=1S/C16H15N/c1-12-14-10-6-3-7-11-15(14)17-16(12)13-8-4-2-5-9-13/h2-9,11,14H,10H2,1H3. The van der Waals surface area contributed by atoms with Crippen LogP contribution in [0.4, 0.5) is 0 Å². The SMILES string of the molecule is CC1=C(c2ccccc2)N=C2C=CC=CCC21. The summed E-state index contributed by atoms with van der Waals surface area (Å²) < 4.78 is 0. The summed E-state index contributed by atoms with van der Waals surface area (Å²) in [6, 6.07) is 10.4. The molecule has 1 aliphatic heterocycles. The van der Waals surface area contributed by atoms with Gasteiger partial charge in [0.25, 0.3) is 0 Å². The lowest BCUT2D eigenvalue weighted by Crippen LogP contribution is -2.07. The van der Waals surface area contributed by atoms with E-state index < -0.39 is 0 Å². The Morgan fingerprint density at radius 2 is 1.94 bits per heavy atom. The first-order valence-electron chi connectivity index (χ1n) is 6.04. The zero-order valence-corrected chi connectivity index (χ0v) is 9.93. The first-order valence-corrected chi connectivity index (χ1v) is 6.04. The Morgan fingerprint density at radius 1 is 1.12 bits per heavy atom. The molecule has 0 bridgehead atoms. The van der Waals surface area contributed by atoms with E-state index in [1.165, 1.54) is 16.8 Å². The molecule has 1 aromatic carbocycles. The van der Waals surface area contributed by atoms with Gasteiger partial charge in [-0.1, -0.05) is 48.6 Å². The molecular weight excluding hydrogens is 206 g/mol. The fourth-order valence-corrected chi connectivity index (χ4v) is 2.47. The van der Waals surface area contributed by atoms with Gasteiger partial charge in [-0.2, -0.15) is 0 Å². The Bertz CT molecular complexity index is 544. The smallest absolute Gasteiger partial charge is 0.0701 e. The summed E-state index contributed by atoms with van der Waals surface area (Å²) in [6.07, 6.45) is 9.61. The van der Waals surface area contributed by atoms with Crippen molar-refractivity contribution in [2.75, 3.05) is 0 Å². The van der Waals surface area contributed by atoms with E-state index in [9.17, 15) is 0 Å². The molecule has 3 rings (SSSR count). The zero-order valence-electron chi connectivity index (χ0n) is 9.93. The van der Waals surface area contributed by atoms with Crippen LogP contribution in [-0.2, 0) is 0 Å². The summed E-state index contributed by atoms with van der Waals surface area (Å²) >= 11 is 0. The lowest BCUT2D eigenvalue weighted by Gasteiger charge is -2.09. The molecule has 1 heteroatoms. The van der Waals surface area contributed by atoms with Crippen molar-refractivity contribution < 1.29 is 0 Å². The summed E-state index contributed by atoms with van der Waals surface area (Å²) in [7, 11) is 0. The minimum atomic E-state index is 0.472. The van der Waals surface area contributed by atoms with Gasteiger partial charge in [0.05, 0.1) is 5.70 Å². The van der Waals surface area contributed by atoms with Crippen LogP contribution < -0.4 is 0 Å². The van der Waals surface area contributed by atoms with Gasteiger partial charge < -0.3 is 0 Å². The van der Waals surface area contributed by atoms with Crippen molar-refractivity contribution in [1.82, 2.24) is 0 Å². The predicted octanol–water partition coefficient (Wildman–Crippen LogP) is 4.00. The second-order valence-corrected chi connectivity index (χ2v) is 4.51. The molecule has 1 heterocycles. The minimum absolute atomic E-state index is 0.472. The highest BCUT2D eigenvalue weighted by atomic mass is 14.8. The number of hydrogen-bond acceptors (Lipinski definition) is 1. The van der Waals surface area contributed by atoms with Crippen LogP contribution in [0.1, 0.15) is 18.9 Å². The van der Waals surface area contributed by atoms with Gasteiger partial charge in [0, 0.05) is 17.2 Å². The van der Waals surface area contributed by atoms with Crippen molar-refractivity contribution in [1.29, 1.82) is 0 Å². The van der Waals surface area contributed by atoms with Crippen molar-refractivity contribution in [3.63, 3.8) is 0 Å². The number of aliphatic imine (C=N–C) groups is 1. The van der Waals surface area contributed by atoms with Crippen LogP contribution in [0.2, 0.25) is 0 Å². The summed E-state index contributed by atoms with van der Waals surface area (Å²) in [5.41, 5.74) is 4.97. The molecule has 1 aliphatic carbocycles. The van der Waals surface area contributed by atoms with Crippen LogP contribution in [0.15, 0.2) is 65.2 Å². The van der Waals surface area contributed by atoms with E-state index in [1.807, 2.05) is 6.07 Å². The maximum Gasteiger partial charge on any atom is 0.0701 e. The first-order chi connectivity index (χ1) is 8.36. The lowest BCUT2D eigenvalue weighted by molar-refractivity contribution is 0.844. The highest BCUT2D eigenvalue weighted by Gasteiger charge is 2.25. The third-order valence-corrected chi connectivity index (χ3v) is 3.43. The Labute approximate surface area is 102 Å². The summed E-state index contributed by atoms with van der Waals surface area (Å²) in [6.45, 7) is 2.20. The molecule has 0 aromatic heterocycles. The molecule has 0 N–H and O–H groups in total. The molecule has 84 valence electrons. The molecule has 0 saturated heterocycles. The average Bonchev–Trinajstić information content (AvgIpc) is 2.56. The highest BCUT2D eigenvalue weighted by molar-refractivity contribution is 6.06. The van der Waals surface area contributed by atoms with Gasteiger partial charge in [-0.05, 0) is 25.0 Å². The third-order valence-electron chi connectivity index (χ3n) is 3.43. The van der Waals surface area contributed by atoms with E-state index in [1.54, 1.807) is 0 Å². The van der Waals surface area contributed by atoms with Crippen molar-refractivity contribution in [2.45, 2.75) is 13.3 Å². The quantitative estimate of drug-likeness (QED) is 0.679. The van der Waals surface area contributed by atoms with Crippen LogP contribution >= 0.6 is 0 Å². The number of rotatable bonds is 1. The zero-order chi connectivity index (χ0) is 11.7. The topological polar surface area (TPSA) is 12.4 Å². The maximum atomic E-state index is 4.79. The van der Waals surface area contributed by atoms with Crippen LogP contribution in [0.5, 0.6) is 0 Å². The molecule has 1 atom stereocenters. The molecule has 1 unspecified atom stereocenters. The number of fused-ring (bicyclic) bond motifs is 1. The van der Waals surface area contributed by atoms with Gasteiger partial charge >= 0.3 is 0 Å². The monoisotopic (exact) mass is 221 g/mol. The van der Waals surface area contributed by atoms with Gasteiger partial charge in [0.15, 0.2) is 0 Å². The molecule has 0 spiro atoms. The van der Waals surface area contributed by atoms with Gasteiger partial charge in [0.2, 0.25) is 0 Å². The molecule has 2 aliphatic rings. The molecule has 1 aromatic rings. The molecule has 1 nitrogen and oxygen atoms in total. The van der Waals surface area contributed by atoms with Gasteiger partial charge in [-0.15, -0.1) is 0 Å². The average molecular weight is 221 g/mol. The van der Waals surface area contributed by atoms with E-state index in [4.69, 9.17) is 4.99 Å². The maximum absolute atomic E-state index is 4.79.